The molecule has 1 aliphatic carbocycles. The summed E-state index contributed by atoms with van der Waals surface area (Å²) in [6, 6.07) is 8.06. The molecule has 1 fully saturated rings. The fraction of sp³-hybridized carbons (Fsp3) is 0.421. The normalized spacial score (nSPS) is 15.5. The van der Waals surface area contributed by atoms with Crippen molar-refractivity contribution in [1.29, 1.82) is 0 Å². The van der Waals surface area contributed by atoms with Crippen LogP contribution in [0.3, 0.4) is 0 Å². The Morgan fingerprint density at radius 2 is 1.96 bits per heavy atom. The van der Waals surface area contributed by atoms with E-state index in [1.54, 1.807) is 18.6 Å². The third-order valence-corrected chi connectivity index (χ3v) is 4.39. The van der Waals surface area contributed by atoms with Crippen molar-refractivity contribution in [2.45, 2.75) is 51.1 Å². The lowest BCUT2D eigenvalue weighted by molar-refractivity contribution is 0.0946. The summed E-state index contributed by atoms with van der Waals surface area (Å²) in [4.78, 5) is 20.5. The number of rotatable bonds is 5. The smallest absolute Gasteiger partial charge is 0.270 e. The minimum atomic E-state index is -0.164. The van der Waals surface area contributed by atoms with Gasteiger partial charge in [-0.15, -0.1) is 0 Å². The molecular formula is C19H24N4O. The average Bonchev–Trinajstić information content (AvgIpc) is 2.89. The molecule has 5 heteroatoms. The fourth-order valence-electron chi connectivity index (χ4n) is 3.08. The van der Waals surface area contributed by atoms with Gasteiger partial charge in [-0.05, 0) is 36.6 Å². The van der Waals surface area contributed by atoms with Crippen molar-refractivity contribution >= 4 is 11.6 Å². The molecule has 24 heavy (non-hydrogen) atoms. The van der Waals surface area contributed by atoms with Crippen LogP contribution in [0.25, 0.3) is 0 Å². The van der Waals surface area contributed by atoms with Gasteiger partial charge < -0.3 is 10.6 Å². The van der Waals surface area contributed by atoms with Gasteiger partial charge in [-0.25, -0.2) is 0 Å². The largest absolute Gasteiger partial charge is 0.382 e. The number of nitrogens with one attached hydrogen (secondary N) is 2. The quantitative estimate of drug-likeness (QED) is 0.826. The van der Waals surface area contributed by atoms with Crippen molar-refractivity contribution in [3.63, 3.8) is 0 Å². The lowest BCUT2D eigenvalue weighted by Crippen LogP contribution is -2.24. The zero-order chi connectivity index (χ0) is 16.6. The van der Waals surface area contributed by atoms with Crippen molar-refractivity contribution in [2.75, 3.05) is 5.32 Å². The van der Waals surface area contributed by atoms with Crippen molar-refractivity contribution < 1.29 is 4.79 Å². The molecule has 2 aromatic heterocycles. The monoisotopic (exact) mass is 324 g/mol. The Balaban J connectivity index is 1.58. The Labute approximate surface area is 142 Å². The van der Waals surface area contributed by atoms with E-state index in [1.165, 1.54) is 38.5 Å². The summed E-state index contributed by atoms with van der Waals surface area (Å²) in [5.74, 6) is -0.164. The molecule has 0 aliphatic heterocycles. The molecule has 0 aromatic carbocycles. The van der Waals surface area contributed by atoms with E-state index in [4.69, 9.17) is 0 Å². The van der Waals surface area contributed by atoms with Crippen LogP contribution in [0, 0.1) is 0 Å². The van der Waals surface area contributed by atoms with Gasteiger partial charge in [-0.3, -0.25) is 14.8 Å². The SMILES string of the molecule is O=C(NCc1cccnc1)c1cc(NC2CCCCCC2)ccn1. The molecule has 1 aliphatic rings. The van der Waals surface area contributed by atoms with Crippen molar-refractivity contribution in [2.24, 2.45) is 0 Å². The van der Waals surface area contributed by atoms with E-state index in [1.807, 2.05) is 24.3 Å². The summed E-state index contributed by atoms with van der Waals surface area (Å²) in [6.07, 6.45) is 12.8. The first-order valence-corrected chi connectivity index (χ1v) is 8.71. The minimum Gasteiger partial charge on any atom is -0.382 e. The highest BCUT2D eigenvalue weighted by atomic mass is 16.1. The van der Waals surface area contributed by atoms with Crippen LogP contribution in [-0.4, -0.2) is 21.9 Å². The van der Waals surface area contributed by atoms with Gasteiger partial charge in [0.05, 0.1) is 0 Å². The number of hydrogen-bond acceptors (Lipinski definition) is 4. The molecule has 2 heterocycles. The fourth-order valence-corrected chi connectivity index (χ4v) is 3.08. The summed E-state index contributed by atoms with van der Waals surface area (Å²) in [6.45, 7) is 0.453. The highest BCUT2D eigenvalue weighted by molar-refractivity contribution is 5.93. The van der Waals surface area contributed by atoms with Gasteiger partial charge in [-0.1, -0.05) is 31.7 Å². The topological polar surface area (TPSA) is 66.9 Å². The zero-order valence-corrected chi connectivity index (χ0v) is 13.9. The number of aromatic nitrogens is 2. The Morgan fingerprint density at radius 3 is 2.71 bits per heavy atom. The zero-order valence-electron chi connectivity index (χ0n) is 13.9. The maximum atomic E-state index is 12.3. The Morgan fingerprint density at radius 1 is 1.12 bits per heavy atom. The molecule has 2 N–H and O–H groups in total. The summed E-state index contributed by atoms with van der Waals surface area (Å²) < 4.78 is 0. The number of hydrogen-bond donors (Lipinski definition) is 2. The first-order chi connectivity index (χ1) is 11.8. The summed E-state index contributed by atoms with van der Waals surface area (Å²) in [5.41, 5.74) is 2.39. The second-order valence-corrected chi connectivity index (χ2v) is 6.31. The molecule has 2 aromatic rings. The first-order valence-electron chi connectivity index (χ1n) is 8.71. The van der Waals surface area contributed by atoms with Crippen LogP contribution in [0.2, 0.25) is 0 Å². The number of carbonyl (C=O) groups excluding carboxylic acids is 1. The second-order valence-electron chi connectivity index (χ2n) is 6.31. The molecular weight excluding hydrogens is 300 g/mol. The minimum absolute atomic E-state index is 0.164. The lowest BCUT2D eigenvalue weighted by Gasteiger charge is -2.17. The van der Waals surface area contributed by atoms with Crippen LogP contribution in [0.5, 0.6) is 0 Å². The van der Waals surface area contributed by atoms with Crippen molar-refractivity contribution in [3.05, 3.63) is 54.1 Å². The van der Waals surface area contributed by atoms with Gasteiger partial charge in [0.25, 0.3) is 5.91 Å². The molecule has 0 saturated heterocycles. The number of pyridine rings is 2. The van der Waals surface area contributed by atoms with Crippen LogP contribution in [-0.2, 0) is 6.54 Å². The van der Waals surface area contributed by atoms with Gasteiger partial charge in [0.15, 0.2) is 0 Å². The molecule has 0 atom stereocenters. The highest BCUT2D eigenvalue weighted by Crippen LogP contribution is 2.21. The molecule has 0 spiro atoms. The summed E-state index contributed by atoms with van der Waals surface area (Å²) in [7, 11) is 0. The van der Waals surface area contributed by atoms with E-state index in [2.05, 4.69) is 20.6 Å². The third kappa shape index (κ3) is 4.78. The number of amides is 1. The first kappa shape index (κ1) is 16.4. The molecule has 1 amide bonds. The predicted octanol–water partition coefficient (Wildman–Crippen LogP) is 3.54. The third-order valence-electron chi connectivity index (χ3n) is 4.39. The molecule has 0 radical (unpaired) electrons. The van der Waals surface area contributed by atoms with Gasteiger partial charge in [0.2, 0.25) is 0 Å². The van der Waals surface area contributed by atoms with Gasteiger partial charge >= 0.3 is 0 Å². The van der Waals surface area contributed by atoms with Crippen LogP contribution in [0.15, 0.2) is 42.9 Å². The van der Waals surface area contributed by atoms with Crippen LogP contribution < -0.4 is 10.6 Å². The maximum absolute atomic E-state index is 12.3. The van der Waals surface area contributed by atoms with Crippen LogP contribution >= 0.6 is 0 Å². The van der Waals surface area contributed by atoms with Gasteiger partial charge in [0.1, 0.15) is 5.69 Å². The average molecular weight is 324 g/mol. The van der Waals surface area contributed by atoms with Crippen LogP contribution in [0.1, 0.15) is 54.6 Å². The molecule has 0 bridgehead atoms. The van der Waals surface area contributed by atoms with E-state index < -0.39 is 0 Å². The lowest BCUT2D eigenvalue weighted by atomic mass is 10.1. The number of carbonyl (C=O) groups is 1. The Bertz CT molecular complexity index is 651. The number of anilines is 1. The predicted molar refractivity (Wildman–Crippen MR) is 94.8 cm³/mol. The maximum Gasteiger partial charge on any atom is 0.270 e. The summed E-state index contributed by atoms with van der Waals surface area (Å²) >= 11 is 0. The van der Waals surface area contributed by atoms with Crippen molar-refractivity contribution in [1.82, 2.24) is 15.3 Å². The summed E-state index contributed by atoms with van der Waals surface area (Å²) in [5, 5.41) is 6.45. The highest BCUT2D eigenvalue weighted by Gasteiger charge is 2.13. The standard InChI is InChI=1S/C19H24N4O/c24-19(22-14-15-6-5-10-20-13-15)18-12-17(9-11-21-18)23-16-7-3-1-2-4-8-16/h5-6,9-13,16H,1-4,7-8,14H2,(H,21,23)(H,22,24). The van der Waals surface area contributed by atoms with E-state index in [9.17, 15) is 4.79 Å². The van der Waals surface area contributed by atoms with E-state index in [0.717, 1.165) is 11.3 Å². The molecule has 1 saturated carbocycles. The van der Waals surface area contributed by atoms with E-state index in [-0.39, 0.29) is 5.91 Å². The molecule has 3 rings (SSSR count). The Kier molecular flexibility index (Phi) is 5.77. The van der Waals surface area contributed by atoms with Crippen LogP contribution in [0.4, 0.5) is 5.69 Å². The van der Waals surface area contributed by atoms with E-state index in [0.29, 0.717) is 18.3 Å². The molecule has 5 nitrogen and oxygen atoms in total. The molecule has 0 unspecified atom stereocenters. The van der Waals surface area contributed by atoms with Gasteiger partial charge in [0, 0.05) is 36.9 Å². The molecule has 126 valence electrons. The second kappa shape index (κ2) is 8.43. The number of nitrogens with zero attached hydrogens (tertiary/aromatic N) is 2. The Hall–Kier alpha value is -2.43. The van der Waals surface area contributed by atoms with E-state index >= 15 is 0 Å². The van der Waals surface area contributed by atoms with Gasteiger partial charge in [-0.2, -0.15) is 0 Å². The van der Waals surface area contributed by atoms with Crippen molar-refractivity contribution in [3.8, 4) is 0 Å².